The van der Waals surface area contributed by atoms with E-state index >= 15 is 0 Å². The topological polar surface area (TPSA) is 35.2 Å². The molecular formula is C15H14BrCl2NO. The SMILES string of the molecule is C[C@@H](N)c1cc(Br)ccc1OCc1c(Cl)cccc1Cl. The smallest absolute Gasteiger partial charge is 0.124 e. The third-order valence-electron chi connectivity index (χ3n) is 2.90. The number of hydrogen-bond acceptors (Lipinski definition) is 2. The molecule has 2 aromatic rings. The summed E-state index contributed by atoms with van der Waals surface area (Å²) in [6.45, 7) is 2.22. The minimum absolute atomic E-state index is 0.121. The van der Waals surface area contributed by atoms with Gasteiger partial charge in [-0.25, -0.2) is 0 Å². The summed E-state index contributed by atoms with van der Waals surface area (Å²) >= 11 is 15.7. The molecule has 106 valence electrons. The van der Waals surface area contributed by atoms with E-state index < -0.39 is 0 Å². The van der Waals surface area contributed by atoms with Gasteiger partial charge >= 0.3 is 0 Å². The van der Waals surface area contributed by atoms with Crippen LogP contribution >= 0.6 is 39.1 Å². The number of nitrogens with two attached hydrogens (primary N) is 1. The Hall–Kier alpha value is -0.740. The summed E-state index contributed by atoms with van der Waals surface area (Å²) in [6.07, 6.45) is 0. The monoisotopic (exact) mass is 373 g/mol. The Balaban J connectivity index is 2.23. The normalized spacial score (nSPS) is 12.2. The Bertz CT molecular complexity index is 597. The molecule has 0 saturated carbocycles. The lowest BCUT2D eigenvalue weighted by molar-refractivity contribution is 0.301. The van der Waals surface area contributed by atoms with Crippen LogP contribution in [0.5, 0.6) is 5.75 Å². The van der Waals surface area contributed by atoms with Gasteiger partial charge in [-0.05, 0) is 37.3 Å². The zero-order valence-electron chi connectivity index (χ0n) is 10.9. The zero-order chi connectivity index (χ0) is 14.7. The van der Waals surface area contributed by atoms with Gasteiger partial charge in [0.2, 0.25) is 0 Å². The molecule has 0 aliphatic heterocycles. The first kappa shape index (κ1) is 15.6. The quantitative estimate of drug-likeness (QED) is 0.782. The summed E-state index contributed by atoms with van der Waals surface area (Å²) in [5.74, 6) is 0.735. The fourth-order valence-electron chi connectivity index (χ4n) is 1.83. The van der Waals surface area contributed by atoms with Crippen molar-refractivity contribution in [2.45, 2.75) is 19.6 Å². The number of hydrogen-bond donors (Lipinski definition) is 1. The molecule has 0 spiro atoms. The van der Waals surface area contributed by atoms with Gasteiger partial charge in [-0.1, -0.05) is 45.2 Å². The van der Waals surface area contributed by atoms with Crippen molar-refractivity contribution in [3.05, 3.63) is 62.0 Å². The van der Waals surface area contributed by atoms with Crippen LogP contribution < -0.4 is 10.5 Å². The predicted molar refractivity (Wildman–Crippen MR) is 87.5 cm³/mol. The van der Waals surface area contributed by atoms with Crippen molar-refractivity contribution in [3.63, 3.8) is 0 Å². The van der Waals surface area contributed by atoms with Gasteiger partial charge in [0.15, 0.2) is 0 Å². The highest BCUT2D eigenvalue weighted by Crippen LogP contribution is 2.30. The van der Waals surface area contributed by atoms with E-state index in [9.17, 15) is 0 Å². The van der Waals surface area contributed by atoms with E-state index in [1.54, 1.807) is 18.2 Å². The molecule has 0 radical (unpaired) electrons. The van der Waals surface area contributed by atoms with E-state index in [0.717, 1.165) is 21.3 Å². The predicted octanol–water partition coefficient (Wildman–Crippen LogP) is 5.35. The molecule has 5 heteroatoms. The molecule has 1 atom stereocenters. The van der Waals surface area contributed by atoms with Crippen LogP contribution in [0.4, 0.5) is 0 Å². The standard InChI is InChI=1S/C15H14BrCl2NO/c1-9(19)11-7-10(16)5-6-15(11)20-8-12-13(17)3-2-4-14(12)18/h2-7,9H,8,19H2,1H3/t9-/m1/s1. The van der Waals surface area contributed by atoms with Crippen LogP contribution in [0.25, 0.3) is 0 Å². The molecule has 0 unspecified atom stereocenters. The van der Waals surface area contributed by atoms with E-state index in [-0.39, 0.29) is 6.04 Å². The van der Waals surface area contributed by atoms with Gasteiger partial charge < -0.3 is 10.5 Å². The second-order valence-corrected chi connectivity index (χ2v) is 6.19. The molecule has 2 N–H and O–H groups in total. The third kappa shape index (κ3) is 3.67. The highest BCUT2D eigenvalue weighted by Gasteiger charge is 2.11. The number of halogens is 3. The van der Waals surface area contributed by atoms with E-state index in [2.05, 4.69) is 15.9 Å². The van der Waals surface area contributed by atoms with Gasteiger partial charge in [-0.3, -0.25) is 0 Å². The van der Waals surface area contributed by atoms with E-state index in [4.69, 9.17) is 33.7 Å². The molecule has 0 heterocycles. The van der Waals surface area contributed by atoms with Crippen molar-refractivity contribution >= 4 is 39.1 Å². The second-order valence-electron chi connectivity index (χ2n) is 4.46. The minimum Gasteiger partial charge on any atom is -0.488 e. The first-order valence-corrected chi connectivity index (χ1v) is 7.64. The van der Waals surface area contributed by atoms with E-state index in [0.29, 0.717) is 16.7 Å². The Morgan fingerprint density at radius 3 is 2.45 bits per heavy atom. The van der Waals surface area contributed by atoms with Crippen LogP contribution in [-0.4, -0.2) is 0 Å². The average Bonchev–Trinajstić information content (AvgIpc) is 2.39. The van der Waals surface area contributed by atoms with Crippen molar-refractivity contribution in [2.24, 2.45) is 5.73 Å². The van der Waals surface area contributed by atoms with Gasteiger partial charge in [-0.2, -0.15) is 0 Å². The average molecular weight is 375 g/mol. The highest BCUT2D eigenvalue weighted by atomic mass is 79.9. The molecule has 20 heavy (non-hydrogen) atoms. The van der Waals surface area contributed by atoms with Crippen molar-refractivity contribution < 1.29 is 4.74 Å². The van der Waals surface area contributed by atoms with Crippen LogP contribution in [0.15, 0.2) is 40.9 Å². The van der Waals surface area contributed by atoms with Crippen molar-refractivity contribution in [3.8, 4) is 5.75 Å². The van der Waals surface area contributed by atoms with Gasteiger partial charge in [-0.15, -0.1) is 0 Å². The van der Waals surface area contributed by atoms with E-state index in [1.165, 1.54) is 0 Å². The Kier molecular flexibility index (Phi) is 5.33. The molecule has 0 fully saturated rings. The molecule has 0 aliphatic rings. The Morgan fingerprint density at radius 1 is 1.20 bits per heavy atom. The summed E-state index contributed by atoms with van der Waals surface area (Å²) in [7, 11) is 0. The number of rotatable bonds is 4. The zero-order valence-corrected chi connectivity index (χ0v) is 14.0. The summed E-state index contributed by atoms with van der Waals surface area (Å²) in [6, 6.07) is 11.0. The maximum absolute atomic E-state index is 6.13. The summed E-state index contributed by atoms with van der Waals surface area (Å²) in [5.41, 5.74) is 7.66. The number of benzene rings is 2. The Morgan fingerprint density at radius 2 is 1.85 bits per heavy atom. The van der Waals surface area contributed by atoms with Crippen molar-refractivity contribution in [2.75, 3.05) is 0 Å². The van der Waals surface area contributed by atoms with Crippen LogP contribution in [0.2, 0.25) is 10.0 Å². The lowest BCUT2D eigenvalue weighted by atomic mass is 10.1. The largest absolute Gasteiger partial charge is 0.488 e. The molecule has 0 aromatic heterocycles. The lowest BCUT2D eigenvalue weighted by Gasteiger charge is -2.15. The summed E-state index contributed by atoms with van der Waals surface area (Å²) in [4.78, 5) is 0. The molecule has 0 saturated heterocycles. The van der Waals surface area contributed by atoms with E-state index in [1.807, 2.05) is 25.1 Å². The maximum Gasteiger partial charge on any atom is 0.124 e. The lowest BCUT2D eigenvalue weighted by Crippen LogP contribution is -2.08. The van der Waals surface area contributed by atoms with Gasteiger partial charge in [0, 0.05) is 31.7 Å². The van der Waals surface area contributed by atoms with Gasteiger partial charge in [0.25, 0.3) is 0 Å². The Labute approximate surface area is 137 Å². The highest BCUT2D eigenvalue weighted by molar-refractivity contribution is 9.10. The summed E-state index contributed by atoms with van der Waals surface area (Å²) < 4.78 is 6.80. The maximum atomic E-state index is 6.13. The molecule has 0 aliphatic carbocycles. The van der Waals surface area contributed by atoms with Crippen molar-refractivity contribution in [1.82, 2.24) is 0 Å². The van der Waals surface area contributed by atoms with Gasteiger partial charge in [0.05, 0.1) is 0 Å². The molecule has 2 nitrogen and oxygen atoms in total. The minimum atomic E-state index is -0.121. The van der Waals surface area contributed by atoms with Gasteiger partial charge in [0.1, 0.15) is 12.4 Å². The molecule has 0 bridgehead atoms. The molecule has 2 aromatic carbocycles. The van der Waals surface area contributed by atoms with Crippen LogP contribution in [-0.2, 0) is 6.61 Å². The van der Waals surface area contributed by atoms with Crippen LogP contribution in [0.3, 0.4) is 0 Å². The molecule has 0 amide bonds. The summed E-state index contributed by atoms with van der Waals surface area (Å²) in [5, 5.41) is 1.19. The van der Waals surface area contributed by atoms with Crippen molar-refractivity contribution in [1.29, 1.82) is 0 Å². The number of ether oxygens (including phenoxy) is 1. The second kappa shape index (κ2) is 6.81. The fraction of sp³-hybridized carbons (Fsp3) is 0.200. The van der Waals surface area contributed by atoms with Crippen LogP contribution in [0.1, 0.15) is 24.1 Å². The van der Waals surface area contributed by atoms with Crippen LogP contribution in [0, 0.1) is 0 Å². The first-order valence-electron chi connectivity index (χ1n) is 6.09. The molecule has 2 rings (SSSR count). The first-order chi connectivity index (χ1) is 9.49. The molecular weight excluding hydrogens is 361 g/mol. The third-order valence-corrected chi connectivity index (χ3v) is 4.10. The fourth-order valence-corrected chi connectivity index (χ4v) is 2.71.